The Kier molecular flexibility index (Phi) is 22.5. The van der Waals surface area contributed by atoms with Gasteiger partial charge in [-0.3, -0.25) is 14.0 Å². The molecule has 55 heavy (non-hydrogen) atoms. The number of amides is 2. The normalized spacial score (nSPS) is 15.3. The predicted octanol–water partition coefficient (Wildman–Crippen LogP) is 9.74. The number of aromatic nitrogens is 4. The zero-order chi connectivity index (χ0) is 38.4. The summed E-state index contributed by atoms with van der Waals surface area (Å²) >= 11 is 14.4. The molecular weight excluding hydrogens is 796 g/mol. The van der Waals surface area contributed by atoms with E-state index in [0.29, 0.717) is 27.6 Å². The molecule has 1 saturated heterocycles. The molecule has 2 aromatic carbocycles. The number of hydrogen-bond acceptors (Lipinski definition) is 12. The Hall–Kier alpha value is -3.08. The Morgan fingerprint density at radius 2 is 1.35 bits per heavy atom. The topological polar surface area (TPSA) is 140 Å². The number of thioether (sulfide) groups is 1. The Morgan fingerprint density at radius 1 is 0.818 bits per heavy atom. The van der Waals surface area contributed by atoms with E-state index in [1.807, 2.05) is 48.5 Å². The van der Waals surface area contributed by atoms with E-state index < -0.39 is 0 Å². The van der Waals surface area contributed by atoms with E-state index in [1.165, 1.54) is 86.2 Å². The largest absolute Gasteiger partial charge is 0.497 e. The molecule has 3 N–H and O–H groups in total. The molecule has 1 aliphatic heterocycles. The first-order valence-electron chi connectivity index (χ1n) is 18.4. The number of H-pyrrole nitrogens is 1. The summed E-state index contributed by atoms with van der Waals surface area (Å²) in [6.45, 7) is 2.00. The van der Waals surface area contributed by atoms with Gasteiger partial charge < -0.3 is 24.8 Å². The summed E-state index contributed by atoms with van der Waals surface area (Å²) in [7, 11) is 3.29. The molecule has 302 valence electrons. The Labute approximate surface area is 348 Å². The maximum atomic E-state index is 12.0. The van der Waals surface area contributed by atoms with Gasteiger partial charge in [0.05, 0.1) is 20.0 Å². The number of methoxy groups -OCH3 is 2. The molecule has 2 amide bonds. The Bertz CT molecular complexity index is 1700. The van der Waals surface area contributed by atoms with Gasteiger partial charge in [-0.05, 0) is 122 Å². The Morgan fingerprint density at radius 3 is 1.80 bits per heavy atom. The molecule has 4 aromatic rings. The number of ether oxygens (including phenoxy) is 3. The van der Waals surface area contributed by atoms with Crippen LogP contribution in [0.3, 0.4) is 0 Å². The third kappa shape index (κ3) is 17.7. The molecule has 3 fully saturated rings. The molecule has 0 spiro atoms. The first-order valence-corrected chi connectivity index (χ1v) is 21.9. The van der Waals surface area contributed by atoms with Crippen molar-refractivity contribution in [3.63, 3.8) is 0 Å². The second-order valence-electron chi connectivity index (χ2n) is 12.8. The molecule has 11 nitrogen and oxygen atoms in total. The van der Waals surface area contributed by atoms with Crippen LogP contribution < -0.4 is 20.1 Å². The molecule has 2 aromatic heterocycles. The van der Waals surface area contributed by atoms with Gasteiger partial charge in [0, 0.05) is 36.4 Å². The summed E-state index contributed by atoms with van der Waals surface area (Å²) in [6, 6.07) is 16.1. The number of carbonyl (C=O) groups excluding carboxylic acids is 2. The van der Waals surface area contributed by atoms with E-state index in [1.54, 1.807) is 14.2 Å². The van der Waals surface area contributed by atoms with Crippen molar-refractivity contribution >= 4 is 70.5 Å². The Balaban J connectivity index is 0.000000222. The van der Waals surface area contributed by atoms with Crippen molar-refractivity contribution < 1.29 is 23.8 Å². The fourth-order valence-corrected chi connectivity index (χ4v) is 8.10. The smallest absolute Gasteiger partial charge is 0.235 e. The summed E-state index contributed by atoms with van der Waals surface area (Å²) in [6.07, 6.45) is 14.6. The van der Waals surface area contributed by atoms with Crippen LogP contribution in [0.25, 0.3) is 22.8 Å². The third-order valence-electron chi connectivity index (χ3n) is 8.77. The second-order valence-corrected chi connectivity index (χ2v) is 16.5. The predicted molar refractivity (Wildman–Crippen MR) is 229 cm³/mol. The minimum absolute atomic E-state index is 0. The standard InChI is InChI=1S/C17H21N3O2S2.C9H8N2OS2.C8H14ClNO.C4H8O.CH4/c1-22-14-9-7-12(8-10-14)16-19-17(24-20-16)23-11-15(21)18-13-5-3-2-4-6-13;1-12-7-4-2-6(3-5-7)8-10-9(13)14-11-8;9-6-8(11)10-7-4-2-1-3-5-7;1-2-4-5-3-1;/h7-10,13H,2-6,11H2,1H3,(H,18,21);2-5H,1H3,(H,10,11,13);7H,1-6H2,(H,10,11);1-4H2;1H4. The number of nitrogens with one attached hydrogen (secondary N) is 3. The lowest BCUT2D eigenvalue weighted by Gasteiger charge is -2.22. The molecule has 0 radical (unpaired) electrons. The van der Waals surface area contributed by atoms with Crippen LogP contribution in [0.5, 0.6) is 11.5 Å². The summed E-state index contributed by atoms with van der Waals surface area (Å²) < 4.78 is 24.0. The SMILES string of the molecule is C.C1CCOC1.COc1ccc(-c2nc(=S)s[nH]2)cc1.COc1ccc(-c2nsc(SCC(=O)NC3CCCCC3)n2)cc1.O=C(CCl)NC1CCCCC1. The fraction of sp³-hybridized carbons (Fsp3) is 0.538. The van der Waals surface area contributed by atoms with E-state index in [4.69, 9.17) is 38.0 Å². The molecule has 0 unspecified atom stereocenters. The lowest BCUT2D eigenvalue weighted by molar-refractivity contribution is -0.120. The monoisotopic (exact) mass is 850 g/mol. The highest BCUT2D eigenvalue weighted by Gasteiger charge is 2.17. The summed E-state index contributed by atoms with van der Waals surface area (Å²) in [5.74, 6) is 3.70. The van der Waals surface area contributed by atoms with E-state index >= 15 is 0 Å². The molecule has 2 saturated carbocycles. The molecule has 16 heteroatoms. The highest BCUT2D eigenvalue weighted by Crippen LogP contribution is 2.27. The first-order chi connectivity index (χ1) is 26.4. The van der Waals surface area contributed by atoms with Crippen molar-refractivity contribution in [3.05, 3.63) is 52.5 Å². The maximum Gasteiger partial charge on any atom is 0.235 e. The van der Waals surface area contributed by atoms with Gasteiger partial charge in [0.15, 0.2) is 14.1 Å². The lowest BCUT2D eigenvalue weighted by atomic mass is 9.95. The maximum absolute atomic E-state index is 12.0. The molecule has 7 rings (SSSR count). The minimum atomic E-state index is -0.0291. The van der Waals surface area contributed by atoms with E-state index in [0.717, 1.165) is 71.7 Å². The van der Waals surface area contributed by atoms with Crippen molar-refractivity contribution in [1.29, 1.82) is 0 Å². The van der Waals surface area contributed by atoms with Gasteiger partial charge >= 0.3 is 0 Å². The molecule has 0 bridgehead atoms. The van der Waals surface area contributed by atoms with Crippen LogP contribution in [0, 0.1) is 3.95 Å². The minimum Gasteiger partial charge on any atom is -0.497 e. The summed E-state index contributed by atoms with van der Waals surface area (Å²) in [4.78, 5) is 31.6. The van der Waals surface area contributed by atoms with Gasteiger partial charge in [-0.15, -0.1) is 11.6 Å². The van der Waals surface area contributed by atoms with Crippen molar-refractivity contribution in [2.75, 3.05) is 39.1 Å². The van der Waals surface area contributed by atoms with E-state index in [9.17, 15) is 9.59 Å². The fourth-order valence-electron chi connectivity index (χ4n) is 5.89. The molecule has 0 atom stereocenters. The van der Waals surface area contributed by atoms with Crippen molar-refractivity contribution in [2.24, 2.45) is 0 Å². The quantitative estimate of drug-likeness (QED) is 0.0803. The first kappa shape index (κ1) is 46.3. The number of alkyl halides is 1. The van der Waals surface area contributed by atoms with E-state index in [2.05, 4.69) is 29.3 Å². The molecule has 2 aliphatic carbocycles. The zero-order valence-corrected chi connectivity index (χ0v) is 35.0. The molecule has 3 heterocycles. The summed E-state index contributed by atoms with van der Waals surface area (Å²) in [5, 5.41) is 6.02. The van der Waals surface area contributed by atoms with Crippen LogP contribution in [-0.2, 0) is 14.3 Å². The van der Waals surface area contributed by atoms with Crippen LogP contribution in [0.1, 0.15) is 84.5 Å². The van der Waals surface area contributed by atoms with Crippen molar-refractivity contribution in [2.45, 2.75) is 101 Å². The molecular formula is C39H55ClN6O5S4. The van der Waals surface area contributed by atoms with Gasteiger partial charge in [-0.25, -0.2) is 9.97 Å². The third-order valence-corrected chi connectivity index (χ3v) is 11.8. The number of halogens is 1. The number of carbonyl (C=O) groups is 2. The second kappa shape index (κ2) is 26.7. The van der Waals surface area contributed by atoms with Crippen LogP contribution >= 0.6 is 58.6 Å². The summed E-state index contributed by atoms with van der Waals surface area (Å²) in [5.41, 5.74) is 1.96. The highest BCUT2D eigenvalue weighted by atomic mass is 35.5. The van der Waals surface area contributed by atoms with Crippen LogP contribution in [-0.4, -0.2) is 81.7 Å². The van der Waals surface area contributed by atoms with Crippen LogP contribution in [0.2, 0.25) is 0 Å². The highest BCUT2D eigenvalue weighted by molar-refractivity contribution is 8.01. The van der Waals surface area contributed by atoms with Gasteiger partial charge in [0.2, 0.25) is 11.8 Å². The number of benzene rings is 2. The zero-order valence-electron chi connectivity index (χ0n) is 31.0. The lowest BCUT2D eigenvalue weighted by Crippen LogP contribution is -2.37. The van der Waals surface area contributed by atoms with Gasteiger partial charge in [-0.2, -0.15) is 4.37 Å². The van der Waals surface area contributed by atoms with Crippen LogP contribution in [0.4, 0.5) is 0 Å². The van der Waals surface area contributed by atoms with Crippen molar-refractivity contribution in [3.8, 4) is 34.3 Å². The number of aromatic amines is 1. The average molecular weight is 852 g/mol. The number of nitrogens with zero attached hydrogens (tertiary/aromatic N) is 3. The average Bonchev–Trinajstić information content (AvgIpc) is 4.04. The number of hydrogen-bond donors (Lipinski definition) is 3. The van der Waals surface area contributed by atoms with Gasteiger partial charge in [0.25, 0.3) is 0 Å². The van der Waals surface area contributed by atoms with Crippen molar-refractivity contribution in [1.82, 2.24) is 29.3 Å². The van der Waals surface area contributed by atoms with E-state index in [-0.39, 0.29) is 25.1 Å². The van der Waals surface area contributed by atoms with Gasteiger partial charge in [0.1, 0.15) is 23.2 Å². The van der Waals surface area contributed by atoms with Crippen LogP contribution in [0.15, 0.2) is 52.9 Å². The number of rotatable bonds is 10. The molecule has 3 aliphatic rings. The van der Waals surface area contributed by atoms with Gasteiger partial charge in [-0.1, -0.05) is 57.7 Å².